The first kappa shape index (κ1) is 35.7. The zero-order chi connectivity index (χ0) is 34.6. The Morgan fingerprint density at radius 2 is 1.23 bits per heavy atom. The summed E-state index contributed by atoms with van der Waals surface area (Å²) in [6, 6.07) is 10.4. The minimum atomic E-state index is -4.70. The minimum Gasteiger partial charge on any atom is -0.432 e. The summed E-state index contributed by atoms with van der Waals surface area (Å²) in [5.41, 5.74) is 0.110. The highest BCUT2D eigenvalue weighted by atomic mass is 19.3. The zero-order valence-electron chi connectivity index (χ0n) is 26.4. The molecule has 5 rings (SSSR count). The maximum absolute atomic E-state index is 15.2. The standard InChI is InChI=1S/C37H37F9O2/c1-2-3-22-4-6-23(7-5-22)24-8-13-28(14-9-24)37(45,46)47-29-15-10-25(11-16-29)26-12-17-30(31(38)18-26)27-19-32(39)35(33(40)20-27)48-36(43,44)21-34(41)42/h10-12,15-24,28H,2-9,13-14H2,1H3. The monoisotopic (exact) mass is 684 g/mol. The van der Waals surface area contributed by atoms with E-state index >= 15 is 13.2 Å². The van der Waals surface area contributed by atoms with Crippen LogP contribution in [0.1, 0.15) is 71.1 Å². The van der Waals surface area contributed by atoms with Crippen molar-refractivity contribution in [1.29, 1.82) is 0 Å². The Hall–Kier alpha value is -3.63. The number of alkyl halides is 4. The Kier molecular flexibility index (Phi) is 11.0. The smallest absolute Gasteiger partial charge is 0.425 e. The van der Waals surface area contributed by atoms with Crippen molar-refractivity contribution in [3.8, 4) is 33.8 Å². The number of halogens is 9. The number of hydrogen-bond acceptors (Lipinski definition) is 2. The van der Waals surface area contributed by atoms with E-state index < -0.39 is 53.5 Å². The molecule has 48 heavy (non-hydrogen) atoms. The summed E-state index contributed by atoms with van der Waals surface area (Å²) in [6.07, 6.45) is -2.05. The Labute approximate surface area is 273 Å². The lowest BCUT2D eigenvalue weighted by molar-refractivity contribution is -0.224. The van der Waals surface area contributed by atoms with Crippen LogP contribution >= 0.6 is 0 Å². The molecule has 0 radical (unpaired) electrons. The fraction of sp³-hybridized carbons (Fsp3) is 0.459. The predicted molar refractivity (Wildman–Crippen MR) is 164 cm³/mol. The van der Waals surface area contributed by atoms with Crippen LogP contribution < -0.4 is 9.47 Å². The molecular formula is C37H37F9O2. The first-order valence-corrected chi connectivity index (χ1v) is 16.3. The van der Waals surface area contributed by atoms with Gasteiger partial charge in [0, 0.05) is 5.56 Å². The highest BCUT2D eigenvalue weighted by Gasteiger charge is 2.45. The molecule has 0 aliphatic heterocycles. The van der Waals surface area contributed by atoms with Crippen LogP contribution in [0.5, 0.6) is 11.5 Å². The number of ether oxygens (including phenoxy) is 2. The molecule has 260 valence electrons. The van der Waals surface area contributed by atoms with Gasteiger partial charge in [-0.25, -0.2) is 13.2 Å². The van der Waals surface area contributed by atoms with Gasteiger partial charge in [-0.15, -0.1) is 0 Å². The fourth-order valence-electron chi connectivity index (χ4n) is 7.27. The van der Waals surface area contributed by atoms with Gasteiger partial charge in [0.05, 0.1) is 12.0 Å². The summed E-state index contributed by atoms with van der Waals surface area (Å²) in [4.78, 5) is 0. The highest BCUT2D eigenvalue weighted by Crippen LogP contribution is 2.46. The third-order valence-corrected chi connectivity index (χ3v) is 9.74. The molecule has 11 heteroatoms. The van der Waals surface area contributed by atoms with E-state index in [1.807, 2.05) is 0 Å². The van der Waals surface area contributed by atoms with Gasteiger partial charge in [-0.05, 0) is 103 Å². The molecule has 2 nitrogen and oxygen atoms in total. The maximum Gasteiger partial charge on any atom is 0.425 e. The van der Waals surface area contributed by atoms with E-state index in [9.17, 15) is 26.3 Å². The molecule has 2 saturated carbocycles. The molecule has 0 spiro atoms. The second-order valence-electron chi connectivity index (χ2n) is 12.9. The molecule has 0 bridgehead atoms. The molecule has 0 aromatic heterocycles. The summed E-state index contributed by atoms with van der Waals surface area (Å²) in [5.74, 6) is -4.85. The molecule has 3 aromatic rings. The van der Waals surface area contributed by atoms with Crippen molar-refractivity contribution in [3.63, 3.8) is 0 Å². The molecule has 0 atom stereocenters. The van der Waals surface area contributed by atoms with E-state index in [0.29, 0.717) is 47.9 Å². The number of hydrogen-bond donors (Lipinski definition) is 0. The molecule has 2 aliphatic carbocycles. The predicted octanol–water partition coefficient (Wildman–Crippen LogP) is 12.6. The number of benzene rings is 3. The first-order chi connectivity index (χ1) is 22.7. The van der Waals surface area contributed by atoms with E-state index in [1.54, 1.807) is 0 Å². The van der Waals surface area contributed by atoms with Crippen molar-refractivity contribution in [2.75, 3.05) is 0 Å². The van der Waals surface area contributed by atoms with Gasteiger partial charge in [0.1, 0.15) is 11.6 Å². The van der Waals surface area contributed by atoms with Gasteiger partial charge in [0.15, 0.2) is 17.4 Å². The Bertz CT molecular complexity index is 1550. The average molecular weight is 685 g/mol. The van der Waals surface area contributed by atoms with E-state index in [4.69, 9.17) is 4.74 Å². The lowest BCUT2D eigenvalue weighted by atomic mass is 9.68. The van der Waals surface area contributed by atoms with Crippen molar-refractivity contribution in [2.45, 2.75) is 83.3 Å². The molecule has 0 N–H and O–H groups in total. The molecule has 0 amide bonds. The van der Waals surface area contributed by atoms with Crippen LogP contribution in [-0.2, 0) is 0 Å². The Morgan fingerprint density at radius 1 is 0.688 bits per heavy atom. The van der Waals surface area contributed by atoms with E-state index in [2.05, 4.69) is 11.7 Å². The van der Waals surface area contributed by atoms with Gasteiger partial charge in [-0.1, -0.05) is 56.9 Å². The Morgan fingerprint density at radius 3 is 1.77 bits per heavy atom. The van der Waals surface area contributed by atoms with E-state index in [-0.39, 0.29) is 16.9 Å². The maximum atomic E-state index is 15.2. The largest absolute Gasteiger partial charge is 0.432 e. The lowest BCUT2D eigenvalue weighted by Gasteiger charge is -2.39. The van der Waals surface area contributed by atoms with Crippen LogP contribution in [-0.4, -0.2) is 12.2 Å². The molecular weight excluding hydrogens is 647 g/mol. The average Bonchev–Trinajstić information content (AvgIpc) is 3.03. The van der Waals surface area contributed by atoms with Gasteiger partial charge in [0.2, 0.25) is 0 Å². The van der Waals surface area contributed by atoms with Crippen molar-refractivity contribution < 1.29 is 49.0 Å². The molecule has 0 heterocycles. The fourth-order valence-corrected chi connectivity index (χ4v) is 7.27. The van der Waals surface area contributed by atoms with Crippen LogP contribution in [0.4, 0.5) is 39.5 Å². The third-order valence-electron chi connectivity index (χ3n) is 9.74. The van der Waals surface area contributed by atoms with Gasteiger partial charge in [0.25, 0.3) is 6.08 Å². The van der Waals surface area contributed by atoms with Crippen LogP contribution in [0.15, 0.2) is 66.8 Å². The van der Waals surface area contributed by atoms with Crippen molar-refractivity contribution in [1.82, 2.24) is 0 Å². The quantitative estimate of drug-likeness (QED) is 0.187. The molecule has 2 aliphatic rings. The molecule has 0 unspecified atom stereocenters. The van der Waals surface area contributed by atoms with Gasteiger partial charge < -0.3 is 9.47 Å². The summed E-state index contributed by atoms with van der Waals surface area (Å²) in [5, 5.41) is 0. The summed E-state index contributed by atoms with van der Waals surface area (Å²) >= 11 is 0. The second kappa shape index (κ2) is 14.9. The van der Waals surface area contributed by atoms with E-state index in [1.165, 1.54) is 74.9 Å². The molecule has 2 fully saturated rings. The van der Waals surface area contributed by atoms with Crippen LogP contribution in [0, 0.1) is 41.1 Å². The van der Waals surface area contributed by atoms with Crippen molar-refractivity contribution >= 4 is 0 Å². The van der Waals surface area contributed by atoms with Crippen molar-refractivity contribution in [2.24, 2.45) is 23.7 Å². The zero-order valence-corrected chi connectivity index (χ0v) is 26.4. The lowest BCUT2D eigenvalue weighted by Crippen LogP contribution is -2.38. The minimum absolute atomic E-state index is 0.0409. The normalized spacial score (nSPS) is 21.9. The highest BCUT2D eigenvalue weighted by molar-refractivity contribution is 5.72. The van der Waals surface area contributed by atoms with Crippen molar-refractivity contribution in [3.05, 3.63) is 84.2 Å². The number of rotatable bonds is 11. The Balaban J connectivity index is 1.20. The third kappa shape index (κ3) is 8.69. The molecule has 3 aromatic carbocycles. The molecule has 0 saturated heterocycles. The second-order valence-corrected chi connectivity index (χ2v) is 12.9. The topological polar surface area (TPSA) is 18.5 Å². The SMILES string of the molecule is CCCC1CCC(C2CCC(C(F)(F)Oc3ccc(-c4ccc(-c5cc(F)c(OC(F)(F)C=C(F)F)c(F)c5)c(F)c4)cc3)CC2)CC1. The van der Waals surface area contributed by atoms with Gasteiger partial charge >= 0.3 is 12.2 Å². The van der Waals surface area contributed by atoms with Crippen LogP contribution in [0.25, 0.3) is 22.3 Å². The summed E-state index contributed by atoms with van der Waals surface area (Å²) in [6.45, 7) is 2.21. The first-order valence-electron chi connectivity index (χ1n) is 16.3. The summed E-state index contributed by atoms with van der Waals surface area (Å²) < 4.78 is 135. The van der Waals surface area contributed by atoms with Gasteiger partial charge in [-0.3, -0.25) is 0 Å². The van der Waals surface area contributed by atoms with Gasteiger partial charge in [-0.2, -0.15) is 26.3 Å². The van der Waals surface area contributed by atoms with E-state index in [0.717, 1.165) is 24.8 Å². The summed E-state index contributed by atoms with van der Waals surface area (Å²) in [7, 11) is 0. The van der Waals surface area contributed by atoms with Crippen LogP contribution in [0.2, 0.25) is 0 Å². The van der Waals surface area contributed by atoms with Crippen LogP contribution in [0.3, 0.4) is 0 Å².